The molecule has 1 saturated heterocycles. The van der Waals surface area contributed by atoms with Crippen LogP contribution in [0.25, 0.3) is 0 Å². The molecule has 32 heavy (non-hydrogen) atoms. The summed E-state index contributed by atoms with van der Waals surface area (Å²) in [5, 5.41) is 20.6. The van der Waals surface area contributed by atoms with Crippen LogP contribution in [0.1, 0.15) is 30.4 Å². The molecular formula is C25H35NO6. The largest absolute Gasteiger partial charge is 0.394 e. The molecule has 5 atom stereocenters. The number of nitrogens with two attached hydrogens (primary N) is 1. The van der Waals surface area contributed by atoms with Crippen molar-refractivity contribution in [2.75, 3.05) is 19.8 Å². The zero-order valence-electron chi connectivity index (χ0n) is 18.4. The molecule has 1 heterocycles. The number of aliphatic hydroxyl groups excluding tert-OH is 2. The Hall–Kier alpha value is -1.84. The smallest absolute Gasteiger partial charge is 0.186 e. The first-order valence-corrected chi connectivity index (χ1v) is 11.3. The maximum atomic E-state index is 10.9. The topological polar surface area (TPSA) is 103 Å². The average molecular weight is 446 g/mol. The molecule has 176 valence electrons. The number of hydrogen-bond donors (Lipinski definition) is 3. The lowest BCUT2D eigenvalue weighted by Gasteiger charge is -2.43. The lowest BCUT2D eigenvalue weighted by Crippen LogP contribution is -2.60. The minimum absolute atomic E-state index is 0.301. The molecule has 0 aliphatic carbocycles. The number of unbranched alkanes of at least 4 members (excludes halogenated alkanes) is 2. The van der Waals surface area contributed by atoms with Gasteiger partial charge < -0.3 is 34.9 Å². The third-order valence-corrected chi connectivity index (χ3v) is 5.50. The minimum atomic E-state index is -1.05. The second kappa shape index (κ2) is 13.6. The van der Waals surface area contributed by atoms with Crippen molar-refractivity contribution < 1.29 is 29.2 Å². The van der Waals surface area contributed by atoms with Gasteiger partial charge in [-0.15, -0.1) is 0 Å². The van der Waals surface area contributed by atoms with Gasteiger partial charge in [-0.2, -0.15) is 0 Å². The highest BCUT2D eigenvalue weighted by Crippen LogP contribution is 2.28. The monoisotopic (exact) mass is 445 g/mol. The molecule has 0 aromatic heterocycles. The fourth-order valence-electron chi connectivity index (χ4n) is 3.70. The Kier molecular flexibility index (Phi) is 10.6. The molecule has 0 saturated carbocycles. The van der Waals surface area contributed by atoms with Crippen LogP contribution in [-0.2, 0) is 32.2 Å². The van der Waals surface area contributed by atoms with Gasteiger partial charge in [0.1, 0.15) is 24.4 Å². The van der Waals surface area contributed by atoms with Gasteiger partial charge in [-0.05, 0) is 36.9 Å². The zero-order valence-corrected chi connectivity index (χ0v) is 18.4. The van der Waals surface area contributed by atoms with Gasteiger partial charge in [0, 0.05) is 6.61 Å². The van der Waals surface area contributed by atoms with E-state index < -0.39 is 30.7 Å². The van der Waals surface area contributed by atoms with Crippen LogP contribution in [-0.4, -0.2) is 60.7 Å². The Balaban J connectivity index is 1.71. The molecular weight excluding hydrogens is 410 g/mol. The van der Waals surface area contributed by atoms with Crippen LogP contribution in [0.2, 0.25) is 0 Å². The van der Waals surface area contributed by atoms with Gasteiger partial charge in [0.2, 0.25) is 0 Å². The van der Waals surface area contributed by atoms with Gasteiger partial charge in [-0.1, -0.05) is 60.7 Å². The Morgan fingerprint density at radius 1 is 0.781 bits per heavy atom. The summed E-state index contributed by atoms with van der Waals surface area (Å²) >= 11 is 0. The molecule has 5 unspecified atom stereocenters. The van der Waals surface area contributed by atoms with E-state index in [4.69, 9.17) is 24.7 Å². The highest BCUT2D eigenvalue weighted by atomic mass is 16.7. The van der Waals surface area contributed by atoms with Crippen molar-refractivity contribution in [3.8, 4) is 0 Å². The number of aliphatic hydroxyl groups is 2. The quantitative estimate of drug-likeness (QED) is 0.407. The predicted molar refractivity (Wildman–Crippen MR) is 121 cm³/mol. The van der Waals surface area contributed by atoms with Crippen molar-refractivity contribution in [1.29, 1.82) is 0 Å². The van der Waals surface area contributed by atoms with E-state index in [1.54, 1.807) is 0 Å². The molecule has 1 aliphatic heterocycles. The highest BCUT2D eigenvalue weighted by molar-refractivity contribution is 5.14. The van der Waals surface area contributed by atoms with Crippen molar-refractivity contribution in [3.05, 3.63) is 71.8 Å². The molecule has 1 fully saturated rings. The Labute approximate surface area is 190 Å². The predicted octanol–water partition coefficient (Wildman–Crippen LogP) is 2.38. The van der Waals surface area contributed by atoms with Crippen molar-refractivity contribution >= 4 is 0 Å². The molecule has 0 amide bonds. The summed E-state index contributed by atoms with van der Waals surface area (Å²) in [6.45, 7) is 1.40. The van der Waals surface area contributed by atoms with Crippen molar-refractivity contribution in [2.24, 2.45) is 5.73 Å². The van der Waals surface area contributed by atoms with E-state index in [1.165, 1.54) is 0 Å². The molecule has 4 N–H and O–H groups in total. The fraction of sp³-hybridized carbons (Fsp3) is 0.520. The fourth-order valence-corrected chi connectivity index (χ4v) is 3.70. The maximum absolute atomic E-state index is 10.9. The van der Waals surface area contributed by atoms with E-state index in [-0.39, 0.29) is 6.61 Å². The molecule has 7 nitrogen and oxygen atoms in total. The van der Waals surface area contributed by atoms with Gasteiger partial charge >= 0.3 is 0 Å². The van der Waals surface area contributed by atoms with E-state index in [1.807, 2.05) is 60.7 Å². The average Bonchev–Trinajstić information content (AvgIpc) is 2.84. The summed E-state index contributed by atoms with van der Waals surface area (Å²) < 4.78 is 24.2. The molecule has 2 aromatic carbocycles. The molecule has 3 rings (SSSR count). The molecule has 0 radical (unpaired) electrons. The van der Waals surface area contributed by atoms with Crippen LogP contribution >= 0.6 is 0 Å². The van der Waals surface area contributed by atoms with Gasteiger partial charge in [0.25, 0.3) is 0 Å². The maximum Gasteiger partial charge on any atom is 0.186 e. The summed E-state index contributed by atoms with van der Waals surface area (Å²) in [4.78, 5) is 0. The van der Waals surface area contributed by atoms with E-state index in [0.717, 1.165) is 30.4 Å². The molecule has 2 aromatic rings. The second-order valence-corrected chi connectivity index (χ2v) is 7.96. The van der Waals surface area contributed by atoms with E-state index >= 15 is 0 Å². The van der Waals surface area contributed by atoms with E-state index in [2.05, 4.69) is 0 Å². The first kappa shape index (κ1) is 24.8. The normalized spacial score (nSPS) is 25.7. The van der Waals surface area contributed by atoms with Crippen molar-refractivity contribution in [1.82, 2.24) is 0 Å². The zero-order chi connectivity index (χ0) is 22.6. The third kappa shape index (κ3) is 7.35. The summed E-state index contributed by atoms with van der Waals surface area (Å²) in [6, 6.07) is 19.5. The molecule has 1 aliphatic rings. The summed E-state index contributed by atoms with van der Waals surface area (Å²) in [7, 11) is 0. The van der Waals surface area contributed by atoms with Gasteiger partial charge in [-0.3, -0.25) is 0 Å². The lowest BCUT2D eigenvalue weighted by molar-refractivity contribution is -0.319. The van der Waals surface area contributed by atoms with Crippen LogP contribution in [0.4, 0.5) is 0 Å². The summed E-state index contributed by atoms with van der Waals surface area (Å²) in [5.41, 5.74) is 7.54. The number of hydrogen-bond acceptors (Lipinski definition) is 7. The number of ether oxygens (including phenoxy) is 4. The molecule has 7 heteroatoms. The number of rotatable bonds is 13. The minimum Gasteiger partial charge on any atom is -0.394 e. The SMILES string of the molecule is NCCCCCOC1OC(CO)C(O)C(OCc2ccccc2)C1OCc1ccccc1. The highest BCUT2D eigenvalue weighted by Gasteiger charge is 2.47. The van der Waals surface area contributed by atoms with Crippen LogP contribution in [0.15, 0.2) is 60.7 Å². The molecule has 0 spiro atoms. The van der Waals surface area contributed by atoms with Gasteiger partial charge in [0.05, 0.1) is 19.8 Å². The number of benzene rings is 2. The van der Waals surface area contributed by atoms with Crippen LogP contribution in [0.3, 0.4) is 0 Å². The van der Waals surface area contributed by atoms with E-state index in [0.29, 0.717) is 26.4 Å². The summed E-state index contributed by atoms with van der Waals surface area (Å²) in [6.07, 6.45) is -1.29. The lowest BCUT2D eigenvalue weighted by atomic mass is 9.98. The Morgan fingerprint density at radius 2 is 1.38 bits per heavy atom. The van der Waals surface area contributed by atoms with Crippen molar-refractivity contribution in [3.63, 3.8) is 0 Å². The third-order valence-electron chi connectivity index (χ3n) is 5.50. The van der Waals surface area contributed by atoms with E-state index in [9.17, 15) is 10.2 Å². The standard InChI is InChI=1S/C25H35NO6/c26-14-8-3-9-15-29-25-24(31-18-20-12-6-2-7-13-20)23(22(28)21(16-27)32-25)30-17-19-10-4-1-5-11-19/h1-2,4-7,10-13,21-25,27-28H,3,8-9,14-18,26H2. The van der Waals surface area contributed by atoms with Gasteiger partial charge in [0.15, 0.2) is 6.29 Å². The van der Waals surface area contributed by atoms with Crippen LogP contribution < -0.4 is 5.73 Å². The Morgan fingerprint density at radius 3 is 1.94 bits per heavy atom. The van der Waals surface area contributed by atoms with Crippen molar-refractivity contribution in [2.45, 2.75) is 63.2 Å². The van der Waals surface area contributed by atoms with Gasteiger partial charge in [-0.25, -0.2) is 0 Å². The Bertz CT molecular complexity index is 747. The van der Waals surface area contributed by atoms with Crippen LogP contribution in [0.5, 0.6) is 0 Å². The first-order valence-electron chi connectivity index (χ1n) is 11.3. The van der Waals surface area contributed by atoms with Crippen LogP contribution in [0, 0.1) is 0 Å². The first-order chi connectivity index (χ1) is 15.7. The molecule has 0 bridgehead atoms. The second-order valence-electron chi connectivity index (χ2n) is 7.96. The summed E-state index contributed by atoms with van der Waals surface area (Å²) in [5.74, 6) is 0.